The van der Waals surface area contributed by atoms with Crippen molar-refractivity contribution in [2.75, 3.05) is 0 Å². The van der Waals surface area contributed by atoms with Crippen LogP contribution in [0.4, 0.5) is 0 Å². The molecule has 6 N–H and O–H groups in total. The quantitative estimate of drug-likeness (QED) is 0.514. The Hall–Kier alpha value is -0.800. The van der Waals surface area contributed by atoms with Gasteiger partial charge in [-0.05, 0) is 0 Å². The molecule has 0 bridgehead atoms. The van der Waals surface area contributed by atoms with Crippen molar-refractivity contribution in [2.24, 2.45) is 0 Å². The molecule has 11 heteroatoms. The van der Waals surface area contributed by atoms with Crippen molar-refractivity contribution in [1.82, 2.24) is 0 Å². The van der Waals surface area contributed by atoms with Crippen molar-refractivity contribution < 1.29 is 40.3 Å². The zero-order valence-electron chi connectivity index (χ0n) is 8.15. The fraction of sp³-hybridized carbons (Fsp3) is 0.500. The summed E-state index contributed by atoms with van der Waals surface area (Å²) in [4.78, 5) is 30.5. The van der Waals surface area contributed by atoms with Crippen molar-refractivity contribution in [3.8, 4) is 0 Å². The van der Waals surface area contributed by atoms with E-state index in [0.29, 0.717) is 0 Å². The number of aliphatic hydroxyl groups is 1. The van der Waals surface area contributed by atoms with Crippen LogP contribution in [0, 0.1) is 0 Å². The summed E-state index contributed by atoms with van der Waals surface area (Å²) in [5, 5.41) is 33.8. The Morgan fingerprint density at radius 1 is 0.824 bits per heavy atom. The number of carboxylic acids is 3. The van der Waals surface area contributed by atoms with Crippen LogP contribution in [-0.2, 0) is 14.4 Å². The molecular formula is C6H13Cl3O8. The van der Waals surface area contributed by atoms with Gasteiger partial charge in [-0.1, -0.05) is 0 Å². The van der Waals surface area contributed by atoms with Crippen molar-refractivity contribution in [1.29, 1.82) is 0 Å². The maximum absolute atomic E-state index is 10.3. The van der Waals surface area contributed by atoms with E-state index in [1.54, 1.807) is 0 Å². The van der Waals surface area contributed by atoms with Crippen LogP contribution in [0.25, 0.3) is 0 Å². The lowest BCUT2D eigenvalue weighted by molar-refractivity contribution is -0.170. The van der Waals surface area contributed by atoms with Gasteiger partial charge in [-0.2, -0.15) is 0 Å². The lowest BCUT2D eigenvalue weighted by Gasteiger charge is -2.18. The predicted molar refractivity (Wildman–Crippen MR) is 62.4 cm³/mol. The van der Waals surface area contributed by atoms with Gasteiger partial charge in [-0.15, -0.1) is 37.2 Å². The molecule has 0 saturated heterocycles. The van der Waals surface area contributed by atoms with E-state index in [2.05, 4.69) is 0 Å². The first-order valence-corrected chi connectivity index (χ1v) is 3.17. The third kappa shape index (κ3) is 11.5. The SMILES string of the molecule is Cl.Cl.Cl.O.O=C(O)CC(O)(CC(=O)O)C(=O)O. The van der Waals surface area contributed by atoms with Crippen molar-refractivity contribution >= 4 is 55.1 Å². The van der Waals surface area contributed by atoms with Gasteiger partial charge >= 0.3 is 17.9 Å². The van der Waals surface area contributed by atoms with Gasteiger partial charge in [0, 0.05) is 0 Å². The summed E-state index contributed by atoms with van der Waals surface area (Å²) in [6.45, 7) is 0. The molecule has 0 radical (unpaired) electrons. The van der Waals surface area contributed by atoms with E-state index in [4.69, 9.17) is 20.4 Å². The number of aliphatic carboxylic acids is 3. The summed E-state index contributed by atoms with van der Waals surface area (Å²) in [6, 6.07) is 0. The second-order valence-corrected chi connectivity index (χ2v) is 2.48. The van der Waals surface area contributed by atoms with Crippen LogP contribution >= 0.6 is 37.2 Å². The summed E-state index contributed by atoms with van der Waals surface area (Å²) in [7, 11) is 0. The third-order valence-corrected chi connectivity index (χ3v) is 1.29. The molecule has 0 aliphatic rings. The highest BCUT2D eigenvalue weighted by molar-refractivity contribution is 5.88. The fourth-order valence-corrected chi connectivity index (χ4v) is 0.714. The van der Waals surface area contributed by atoms with Gasteiger partial charge in [-0.3, -0.25) is 9.59 Å². The largest absolute Gasteiger partial charge is 0.481 e. The predicted octanol–water partition coefficient (Wildman–Crippen LogP) is -0.808. The molecule has 0 rings (SSSR count). The summed E-state index contributed by atoms with van der Waals surface area (Å²) in [5.41, 5.74) is -2.74. The molecule has 0 atom stereocenters. The lowest BCUT2D eigenvalue weighted by atomic mass is 9.96. The van der Waals surface area contributed by atoms with Gasteiger partial charge in [-0.25, -0.2) is 4.79 Å². The molecule has 0 fully saturated rings. The van der Waals surface area contributed by atoms with Gasteiger partial charge in [0.15, 0.2) is 5.60 Å². The number of hydrogen-bond acceptors (Lipinski definition) is 4. The van der Waals surface area contributed by atoms with E-state index in [9.17, 15) is 14.4 Å². The molecule has 106 valence electrons. The monoisotopic (exact) mass is 318 g/mol. The van der Waals surface area contributed by atoms with Crippen LogP contribution in [0.1, 0.15) is 12.8 Å². The standard InChI is InChI=1S/C6H8O7.3ClH.H2O/c7-3(8)1-6(13,5(11)12)2-4(9)10;;;;/h13H,1-2H2,(H,7,8)(H,9,10)(H,11,12);3*1H;1H2. The minimum atomic E-state index is -2.74. The summed E-state index contributed by atoms with van der Waals surface area (Å²) in [5.74, 6) is -5.02. The Kier molecular flexibility index (Phi) is 20.5. The van der Waals surface area contributed by atoms with Crippen LogP contribution in [-0.4, -0.2) is 49.4 Å². The molecule has 0 aromatic heterocycles. The van der Waals surface area contributed by atoms with Crippen molar-refractivity contribution in [3.63, 3.8) is 0 Å². The van der Waals surface area contributed by atoms with Gasteiger partial charge in [0.05, 0.1) is 12.8 Å². The van der Waals surface area contributed by atoms with Gasteiger partial charge < -0.3 is 25.9 Å². The first-order chi connectivity index (χ1) is 5.78. The molecule has 0 saturated carbocycles. The van der Waals surface area contributed by atoms with E-state index in [0.717, 1.165) is 0 Å². The summed E-state index contributed by atoms with van der Waals surface area (Å²) >= 11 is 0. The zero-order valence-corrected chi connectivity index (χ0v) is 10.6. The van der Waals surface area contributed by atoms with E-state index in [1.807, 2.05) is 0 Å². The highest BCUT2D eigenvalue weighted by atomic mass is 35.5. The molecule has 0 heterocycles. The Morgan fingerprint density at radius 2 is 1.06 bits per heavy atom. The molecule has 8 nitrogen and oxygen atoms in total. The van der Waals surface area contributed by atoms with Gasteiger partial charge in [0.2, 0.25) is 0 Å². The van der Waals surface area contributed by atoms with E-state index < -0.39 is 36.4 Å². The van der Waals surface area contributed by atoms with Crippen LogP contribution in [0.3, 0.4) is 0 Å². The Morgan fingerprint density at radius 3 is 1.18 bits per heavy atom. The Bertz CT molecular complexity index is 240. The van der Waals surface area contributed by atoms with Gasteiger partial charge in [0.25, 0.3) is 0 Å². The number of carbonyl (C=O) groups is 3. The van der Waals surface area contributed by atoms with E-state index in [-0.39, 0.29) is 42.7 Å². The highest BCUT2D eigenvalue weighted by Crippen LogP contribution is 2.15. The van der Waals surface area contributed by atoms with Gasteiger partial charge in [0.1, 0.15) is 0 Å². The maximum Gasteiger partial charge on any atom is 0.336 e. The van der Waals surface area contributed by atoms with Crippen LogP contribution < -0.4 is 0 Å². The number of carboxylic acid groups (broad SMARTS) is 3. The molecule has 0 aromatic carbocycles. The van der Waals surface area contributed by atoms with Crippen molar-refractivity contribution in [2.45, 2.75) is 18.4 Å². The van der Waals surface area contributed by atoms with E-state index >= 15 is 0 Å². The minimum Gasteiger partial charge on any atom is -0.481 e. The second kappa shape index (κ2) is 11.7. The number of rotatable bonds is 5. The summed E-state index contributed by atoms with van der Waals surface area (Å²) in [6.07, 6.45) is -2.29. The van der Waals surface area contributed by atoms with Crippen LogP contribution in [0.5, 0.6) is 0 Å². The zero-order chi connectivity index (χ0) is 10.6. The normalized spacial score (nSPS) is 8.29. The molecule has 0 aliphatic heterocycles. The van der Waals surface area contributed by atoms with Crippen molar-refractivity contribution in [3.05, 3.63) is 0 Å². The molecule has 0 spiro atoms. The fourth-order valence-electron chi connectivity index (χ4n) is 0.714. The summed E-state index contributed by atoms with van der Waals surface area (Å²) < 4.78 is 0. The average molecular weight is 320 g/mol. The average Bonchev–Trinajstić information content (AvgIpc) is 1.82. The molecule has 0 amide bonds. The molecule has 0 aliphatic carbocycles. The first kappa shape index (κ1) is 29.8. The third-order valence-electron chi connectivity index (χ3n) is 1.29. The van der Waals surface area contributed by atoms with E-state index in [1.165, 1.54) is 0 Å². The lowest BCUT2D eigenvalue weighted by Crippen LogP contribution is -2.42. The molecule has 0 unspecified atom stereocenters. The van der Waals surface area contributed by atoms with Crippen LogP contribution in [0.15, 0.2) is 0 Å². The first-order valence-electron chi connectivity index (χ1n) is 3.17. The Balaban J connectivity index is -0.000000120. The number of hydrogen-bond donors (Lipinski definition) is 4. The Labute approximate surface area is 114 Å². The minimum absolute atomic E-state index is 0. The van der Waals surface area contributed by atoms with Crippen LogP contribution in [0.2, 0.25) is 0 Å². The molecule has 0 aromatic rings. The second-order valence-electron chi connectivity index (χ2n) is 2.48. The number of halogens is 3. The molecule has 17 heavy (non-hydrogen) atoms. The topological polar surface area (TPSA) is 164 Å². The maximum atomic E-state index is 10.3. The molecular weight excluding hydrogens is 306 g/mol. The highest BCUT2D eigenvalue weighted by Gasteiger charge is 2.40. The smallest absolute Gasteiger partial charge is 0.336 e.